The molecule has 10 heteroatoms. The molecule has 0 aliphatic carbocycles. The number of hydrogen-bond acceptors (Lipinski definition) is 7. The summed E-state index contributed by atoms with van der Waals surface area (Å²) >= 11 is 1.47. The van der Waals surface area contributed by atoms with E-state index in [0.29, 0.717) is 18.8 Å². The van der Waals surface area contributed by atoms with Crippen LogP contribution in [0.15, 0.2) is 27.8 Å². The van der Waals surface area contributed by atoms with E-state index >= 15 is 0 Å². The largest absolute Gasteiger partial charge is 0.459 e. The fourth-order valence-corrected chi connectivity index (χ4v) is 3.61. The molecule has 146 valence electrons. The maximum absolute atomic E-state index is 11.8. The smallest absolute Gasteiger partial charge is 0.287 e. The molecule has 9 nitrogen and oxygen atoms in total. The summed E-state index contributed by atoms with van der Waals surface area (Å²) in [6.45, 7) is 6.64. The van der Waals surface area contributed by atoms with E-state index in [1.807, 2.05) is 0 Å². The molecule has 0 saturated carbocycles. The number of guanidine groups is 1. The predicted octanol–water partition coefficient (Wildman–Crippen LogP) is 0.821. The molecule has 0 spiro atoms. The standard InChI is InChI=1S/C17H25N7O2S/c1-3-14-21-17(27-22-14)24-10-8-23(9-11-24)16(18-2)20-7-6-19-15(25)13-5-4-12-26-13/h4-5,12H,3,6-11H2,1-2H3,(H,18,20)(H,19,25). The molecule has 27 heavy (non-hydrogen) atoms. The molecule has 3 heterocycles. The minimum absolute atomic E-state index is 0.214. The lowest BCUT2D eigenvalue weighted by atomic mass is 10.3. The third kappa shape index (κ3) is 4.97. The molecule has 1 aliphatic heterocycles. The van der Waals surface area contributed by atoms with Gasteiger partial charge >= 0.3 is 0 Å². The van der Waals surface area contributed by atoms with Gasteiger partial charge in [0.25, 0.3) is 5.91 Å². The molecular weight excluding hydrogens is 366 g/mol. The van der Waals surface area contributed by atoms with Gasteiger partial charge in [0.15, 0.2) is 11.7 Å². The summed E-state index contributed by atoms with van der Waals surface area (Å²) in [5, 5.41) is 7.10. The molecule has 1 amide bonds. The molecule has 0 radical (unpaired) electrons. The summed E-state index contributed by atoms with van der Waals surface area (Å²) in [6.07, 6.45) is 2.35. The molecule has 3 rings (SSSR count). The average Bonchev–Trinajstić information content (AvgIpc) is 3.40. The third-order valence-electron chi connectivity index (χ3n) is 4.27. The monoisotopic (exact) mass is 391 g/mol. The molecule has 0 aromatic carbocycles. The molecule has 1 aliphatic rings. The number of hydrogen-bond donors (Lipinski definition) is 2. The Morgan fingerprint density at radius 3 is 2.70 bits per heavy atom. The van der Waals surface area contributed by atoms with Crippen molar-refractivity contribution >= 4 is 28.5 Å². The minimum Gasteiger partial charge on any atom is -0.459 e. The lowest BCUT2D eigenvalue weighted by Gasteiger charge is -2.36. The lowest BCUT2D eigenvalue weighted by Crippen LogP contribution is -2.53. The van der Waals surface area contributed by atoms with E-state index in [4.69, 9.17) is 4.42 Å². The number of aryl methyl sites for hydroxylation is 1. The summed E-state index contributed by atoms with van der Waals surface area (Å²) < 4.78 is 9.43. The van der Waals surface area contributed by atoms with E-state index < -0.39 is 0 Å². The van der Waals surface area contributed by atoms with Crippen molar-refractivity contribution in [3.8, 4) is 0 Å². The number of nitrogens with one attached hydrogen (secondary N) is 2. The van der Waals surface area contributed by atoms with Gasteiger partial charge in [0.05, 0.1) is 6.26 Å². The van der Waals surface area contributed by atoms with Crippen LogP contribution in [-0.2, 0) is 6.42 Å². The van der Waals surface area contributed by atoms with E-state index in [9.17, 15) is 4.79 Å². The number of carbonyl (C=O) groups excluding carboxylic acids is 1. The zero-order valence-electron chi connectivity index (χ0n) is 15.6. The van der Waals surface area contributed by atoms with Gasteiger partial charge in [0, 0.05) is 64.3 Å². The summed E-state index contributed by atoms with van der Waals surface area (Å²) in [4.78, 5) is 25.2. The van der Waals surface area contributed by atoms with Crippen molar-refractivity contribution in [2.24, 2.45) is 4.99 Å². The van der Waals surface area contributed by atoms with Crippen molar-refractivity contribution in [1.29, 1.82) is 0 Å². The number of furan rings is 1. The van der Waals surface area contributed by atoms with Crippen LogP contribution < -0.4 is 15.5 Å². The highest BCUT2D eigenvalue weighted by atomic mass is 32.1. The Balaban J connectivity index is 1.40. The third-order valence-corrected chi connectivity index (χ3v) is 5.09. The number of anilines is 1. The van der Waals surface area contributed by atoms with Crippen LogP contribution in [0.2, 0.25) is 0 Å². The number of aromatic nitrogens is 2. The number of rotatable bonds is 6. The second-order valence-corrected chi connectivity index (χ2v) is 6.76. The summed E-state index contributed by atoms with van der Waals surface area (Å²) in [6, 6.07) is 3.34. The fraction of sp³-hybridized carbons (Fsp3) is 0.529. The lowest BCUT2D eigenvalue weighted by molar-refractivity contribution is 0.0926. The predicted molar refractivity (Wildman–Crippen MR) is 105 cm³/mol. The minimum atomic E-state index is -0.214. The van der Waals surface area contributed by atoms with Crippen molar-refractivity contribution in [1.82, 2.24) is 24.9 Å². The van der Waals surface area contributed by atoms with Gasteiger partial charge in [-0.05, 0) is 12.1 Å². The number of piperazine rings is 1. The van der Waals surface area contributed by atoms with Crippen molar-refractivity contribution in [2.75, 3.05) is 51.2 Å². The van der Waals surface area contributed by atoms with E-state index in [2.05, 4.69) is 41.7 Å². The SMILES string of the molecule is CCc1nsc(N2CCN(C(=NC)NCCNC(=O)c3ccco3)CC2)n1. The van der Waals surface area contributed by atoms with Gasteiger partial charge in [0.2, 0.25) is 5.13 Å². The van der Waals surface area contributed by atoms with Crippen LogP contribution in [0, 0.1) is 0 Å². The fourth-order valence-electron chi connectivity index (χ4n) is 2.80. The zero-order valence-corrected chi connectivity index (χ0v) is 16.5. The van der Waals surface area contributed by atoms with Crippen LogP contribution in [0.25, 0.3) is 0 Å². The van der Waals surface area contributed by atoms with Crippen molar-refractivity contribution in [3.63, 3.8) is 0 Å². The first kappa shape index (κ1) is 19.2. The molecule has 2 aromatic heterocycles. The Morgan fingerprint density at radius 2 is 2.07 bits per heavy atom. The van der Waals surface area contributed by atoms with E-state index in [1.165, 1.54) is 17.8 Å². The Morgan fingerprint density at radius 1 is 1.30 bits per heavy atom. The van der Waals surface area contributed by atoms with Crippen LogP contribution >= 0.6 is 11.5 Å². The van der Waals surface area contributed by atoms with Crippen LogP contribution in [-0.4, -0.2) is 72.4 Å². The van der Waals surface area contributed by atoms with Crippen LogP contribution in [0.4, 0.5) is 5.13 Å². The Hall–Kier alpha value is -2.62. The van der Waals surface area contributed by atoms with Crippen LogP contribution in [0.5, 0.6) is 0 Å². The molecule has 2 N–H and O–H groups in total. The molecule has 0 atom stereocenters. The van der Waals surface area contributed by atoms with Gasteiger partial charge in [0.1, 0.15) is 5.82 Å². The second-order valence-electron chi connectivity index (χ2n) is 6.03. The number of aliphatic imine (C=N–C) groups is 1. The molecule has 1 fully saturated rings. The summed E-state index contributed by atoms with van der Waals surface area (Å²) in [5.74, 6) is 1.85. The Kier molecular flexibility index (Phi) is 6.64. The number of carbonyl (C=O) groups is 1. The average molecular weight is 392 g/mol. The Bertz CT molecular complexity index is 751. The summed E-state index contributed by atoms with van der Waals surface area (Å²) in [5.41, 5.74) is 0. The zero-order chi connectivity index (χ0) is 19.1. The normalized spacial score (nSPS) is 15.1. The molecule has 0 unspecified atom stereocenters. The molecule has 0 bridgehead atoms. The van der Waals surface area contributed by atoms with E-state index in [-0.39, 0.29) is 5.91 Å². The first-order valence-electron chi connectivity index (χ1n) is 9.06. The number of amides is 1. The van der Waals surface area contributed by atoms with Gasteiger partial charge in [-0.1, -0.05) is 6.92 Å². The molecular formula is C17H25N7O2S. The van der Waals surface area contributed by atoms with E-state index in [0.717, 1.165) is 49.5 Å². The molecule has 2 aromatic rings. The highest BCUT2D eigenvalue weighted by molar-refractivity contribution is 7.09. The van der Waals surface area contributed by atoms with Crippen LogP contribution in [0.3, 0.4) is 0 Å². The van der Waals surface area contributed by atoms with Crippen molar-refractivity contribution < 1.29 is 9.21 Å². The molecule has 1 saturated heterocycles. The van der Waals surface area contributed by atoms with Crippen LogP contribution in [0.1, 0.15) is 23.3 Å². The quantitative estimate of drug-likeness (QED) is 0.427. The van der Waals surface area contributed by atoms with Gasteiger partial charge < -0.3 is 24.9 Å². The van der Waals surface area contributed by atoms with Crippen molar-refractivity contribution in [3.05, 3.63) is 30.0 Å². The van der Waals surface area contributed by atoms with Gasteiger partial charge in [-0.2, -0.15) is 4.37 Å². The van der Waals surface area contributed by atoms with Gasteiger partial charge in [-0.3, -0.25) is 9.79 Å². The van der Waals surface area contributed by atoms with Gasteiger partial charge in [-0.25, -0.2) is 4.98 Å². The maximum atomic E-state index is 11.8. The highest BCUT2D eigenvalue weighted by Crippen LogP contribution is 2.19. The Labute approximate surface area is 162 Å². The second kappa shape index (κ2) is 9.36. The number of nitrogens with zero attached hydrogens (tertiary/aromatic N) is 5. The van der Waals surface area contributed by atoms with E-state index in [1.54, 1.807) is 19.2 Å². The van der Waals surface area contributed by atoms with Gasteiger partial charge in [-0.15, -0.1) is 0 Å². The first-order valence-corrected chi connectivity index (χ1v) is 9.83. The first-order chi connectivity index (χ1) is 13.2. The highest BCUT2D eigenvalue weighted by Gasteiger charge is 2.21. The summed E-state index contributed by atoms with van der Waals surface area (Å²) in [7, 11) is 1.77. The topological polar surface area (TPSA) is 98.9 Å². The van der Waals surface area contributed by atoms with Crippen molar-refractivity contribution in [2.45, 2.75) is 13.3 Å². The maximum Gasteiger partial charge on any atom is 0.287 e.